The van der Waals surface area contributed by atoms with Gasteiger partial charge < -0.3 is 19.9 Å². The number of halogens is 4. The molecule has 1 saturated heterocycles. The number of aromatic nitrogens is 4. The molecule has 2 aromatic heterocycles. The quantitative estimate of drug-likeness (QED) is 0.0816. The Morgan fingerprint density at radius 2 is 1.52 bits per heavy atom. The van der Waals surface area contributed by atoms with Gasteiger partial charge in [0.25, 0.3) is 0 Å². The van der Waals surface area contributed by atoms with Crippen LogP contribution >= 0.6 is 11.6 Å². The molecule has 3 heterocycles. The molecule has 4 atom stereocenters. The second-order valence-corrected chi connectivity index (χ2v) is 12.9. The lowest BCUT2D eigenvalue weighted by molar-refractivity contribution is -0.0891. The molecule has 0 unspecified atom stereocenters. The highest BCUT2D eigenvalue weighted by atomic mass is 35.5. The standard InChI is InChI=1S/C32H29ClF3N5O6S/c1-19-24(46-29(26(19)47-48(42,43)32(34,35)36)41-18-38-25-27(37)39-30(33)40-28(25)41)17-45-31(20-9-5-3-6-10-20,21-11-7-4-8-12-21)22-13-15-23(44-2)16-14-22/h3-16,18-19,24,26,29H,17H2,1-2H3,(H2,37,39,40)/t19-,24-,26-,29-/m1/s1. The molecule has 1 aliphatic heterocycles. The molecular formula is C32H29ClF3N5O6S. The Kier molecular flexibility index (Phi) is 9.08. The predicted octanol–water partition coefficient (Wildman–Crippen LogP) is 5.85. The van der Waals surface area contributed by atoms with Crippen LogP contribution in [0.4, 0.5) is 19.0 Å². The first-order valence-corrected chi connectivity index (χ1v) is 16.3. The van der Waals surface area contributed by atoms with E-state index in [0.717, 1.165) is 16.7 Å². The Labute approximate surface area is 278 Å². The number of imidazole rings is 1. The molecule has 252 valence electrons. The summed E-state index contributed by atoms with van der Waals surface area (Å²) in [5, 5.41) is -0.261. The smallest absolute Gasteiger partial charge is 0.497 e. The van der Waals surface area contributed by atoms with Gasteiger partial charge in [0.15, 0.2) is 17.7 Å². The highest BCUT2D eigenvalue weighted by Crippen LogP contribution is 2.45. The van der Waals surface area contributed by atoms with Crippen molar-refractivity contribution in [3.05, 3.63) is 113 Å². The van der Waals surface area contributed by atoms with Gasteiger partial charge in [-0.2, -0.15) is 31.6 Å². The Balaban J connectivity index is 1.43. The van der Waals surface area contributed by atoms with E-state index in [2.05, 4.69) is 15.0 Å². The van der Waals surface area contributed by atoms with Crippen molar-refractivity contribution in [2.24, 2.45) is 5.92 Å². The van der Waals surface area contributed by atoms with E-state index in [1.165, 1.54) is 17.8 Å². The van der Waals surface area contributed by atoms with Crippen LogP contribution in [0.25, 0.3) is 11.2 Å². The number of fused-ring (bicyclic) bond motifs is 1. The van der Waals surface area contributed by atoms with Crippen molar-refractivity contribution in [2.75, 3.05) is 19.5 Å². The van der Waals surface area contributed by atoms with Crippen molar-refractivity contribution >= 4 is 38.7 Å². The van der Waals surface area contributed by atoms with Gasteiger partial charge in [0.1, 0.15) is 23.0 Å². The molecule has 5 aromatic rings. The van der Waals surface area contributed by atoms with Gasteiger partial charge in [-0.1, -0.05) is 79.7 Å². The first-order chi connectivity index (χ1) is 22.9. The van der Waals surface area contributed by atoms with Crippen molar-refractivity contribution in [2.45, 2.75) is 36.5 Å². The van der Waals surface area contributed by atoms with E-state index in [1.807, 2.05) is 72.8 Å². The first kappa shape index (κ1) is 33.6. The number of methoxy groups -OCH3 is 1. The zero-order valence-electron chi connectivity index (χ0n) is 25.4. The topological polar surface area (TPSA) is 141 Å². The molecule has 6 rings (SSSR count). The van der Waals surface area contributed by atoms with E-state index in [-0.39, 0.29) is 28.9 Å². The van der Waals surface area contributed by atoms with Gasteiger partial charge in [0.05, 0.1) is 26.1 Å². The van der Waals surface area contributed by atoms with Crippen LogP contribution in [-0.4, -0.2) is 59.4 Å². The van der Waals surface area contributed by atoms with Crippen LogP contribution in [0.1, 0.15) is 29.8 Å². The second-order valence-electron chi connectivity index (χ2n) is 11.0. The number of rotatable bonds is 10. The molecule has 0 bridgehead atoms. The second kappa shape index (κ2) is 13.0. The van der Waals surface area contributed by atoms with Gasteiger partial charge in [-0.3, -0.25) is 8.75 Å². The molecule has 11 nitrogen and oxygen atoms in total. The largest absolute Gasteiger partial charge is 0.523 e. The maximum Gasteiger partial charge on any atom is 0.523 e. The highest BCUT2D eigenvalue weighted by Gasteiger charge is 2.54. The SMILES string of the molecule is COc1ccc(C(OC[C@H]2O[C@@H](n3cnc4c(N)nc(Cl)nc43)[C@H](OS(=O)(=O)C(F)(F)F)[C@@H]2C)(c2ccccc2)c2ccccc2)cc1. The molecule has 0 aliphatic carbocycles. The minimum absolute atomic E-state index is 0.00502. The average Bonchev–Trinajstić information content (AvgIpc) is 3.62. The summed E-state index contributed by atoms with van der Waals surface area (Å²) in [6.07, 6.45) is -2.97. The van der Waals surface area contributed by atoms with Crippen LogP contribution in [0.15, 0.2) is 91.3 Å². The number of nitrogens with two attached hydrogens (primary N) is 1. The summed E-state index contributed by atoms with van der Waals surface area (Å²) in [6.45, 7) is 1.30. The number of anilines is 1. The highest BCUT2D eigenvalue weighted by molar-refractivity contribution is 7.87. The monoisotopic (exact) mass is 703 g/mol. The Morgan fingerprint density at radius 1 is 0.938 bits per heavy atom. The van der Waals surface area contributed by atoms with Crippen molar-refractivity contribution in [1.29, 1.82) is 0 Å². The Bertz CT molecular complexity index is 1960. The number of nitrogen functional groups attached to an aromatic ring is 1. The summed E-state index contributed by atoms with van der Waals surface area (Å²) in [6, 6.07) is 26.0. The normalized spacial score (nSPS) is 20.3. The van der Waals surface area contributed by atoms with E-state index in [0.29, 0.717) is 5.75 Å². The summed E-state index contributed by atoms with van der Waals surface area (Å²) in [5.74, 6) is -0.447. The number of alkyl halides is 3. The zero-order valence-corrected chi connectivity index (χ0v) is 27.0. The third-order valence-corrected chi connectivity index (χ3v) is 9.45. The molecule has 16 heteroatoms. The minimum Gasteiger partial charge on any atom is -0.497 e. The van der Waals surface area contributed by atoms with Crippen molar-refractivity contribution in [3.63, 3.8) is 0 Å². The molecule has 3 aromatic carbocycles. The van der Waals surface area contributed by atoms with Crippen LogP contribution in [0.2, 0.25) is 5.28 Å². The maximum atomic E-state index is 13.6. The number of ether oxygens (including phenoxy) is 3. The average molecular weight is 704 g/mol. The Hall–Kier alpha value is -4.28. The van der Waals surface area contributed by atoms with E-state index < -0.39 is 45.6 Å². The van der Waals surface area contributed by atoms with Crippen molar-refractivity contribution in [3.8, 4) is 5.75 Å². The lowest BCUT2D eigenvalue weighted by Crippen LogP contribution is -2.38. The fraction of sp³-hybridized carbons (Fsp3) is 0.281. The molecule has 48 heavy (non-hydrogen) atoms. The summed E-state index contributed by atoms with van der Waals surface area (Å²) in [5.41, 5.74) is 1.31. The molecule has 0 spiro atoms. The van der Waals surface area contributed by atoms with Crippen LogP contribution in [0, 0.1) is 5.92 Å². The van der Waals surface area contributed by atoms with E-state index in [9.17, 15) is 21.6 Å². The number of benzene rings is 3. The molecule has 1 fully saturated rings. The maximum absolute atomic E-state index is 13.6. The number of hydrogen-bond donors (Lipinski definition) is 1. The van der Waals surface area contributed by atoms with E-state index in [1.54, 1.807) is 19.2 Å². The predicted molar refractivity (Wildman–Crippen MR) is 169 cm³/mol. The fourth-order valence-electron chi connectivity index (χ4n) is 5.83. The molecule has 0 saturated carbocycles. The molecule has 2 N–H and O–H groups in total. The van der Waals surface area contributed by atoms with Gasteiger partial charge in [-0.25, -0.2) is 4.98 Å². The third kappa shape index (κ3) is 6.07. The molecular weight excluding hydrogens is 675 g/mol. The zero-order chi connectivity index (χ0) is 34.3. The molecule has 1 aliphatic rings. The van der Waals surface area contributed by atoms with Crippen LogP contribution in [0.5, 0.6) is 5.75 Å². The van der Waals surface area contributed by atoms with Crippen LogP contribution < -0.4 is 10.5 Å². The van der Waals surface area contributed by atoms with Crippen LogP contribution in [0.3, 0.4) is 0 Å². The lowest BCUT2D eigenvalue weighted by Gasteiger charge is -2.37. The fourth-order valence-corrected chi connectivity index (χ4v) is 6.67. The third-order valence-electron chi connectivity index (χ3n) is 8.24. The van der Waals surface area contributed by atoms with Gasteiger partial charge in [-0.05, 0) is 40.4 Å². The molecule has 0 radical (unpaired) electrons. The van der Waals surface area contributed by atoms with Crippen LogP contribution in [-0.2, 0) is 29.4 Å². The van der Waals surface area contributed by atoms with Crippen molar-refractivity contribution in [1.82, 2.24) is 19.5 Å². The van der Waals surface area contributed by atoms with Gasteiger partial charge in [-0.15, -0.1) is 0 Å². The lowest BCUT2D eigenvalue weighted by atomic mass is 9.80. The summed E-state index contributed by atoms with van der Waals surface area (Å²) in [7, 11) is -4.51. The summed E-state index contributed by atoms with van der Waals surface area (Å²) < 4.78 is 90.1. The summed E-state index contributed by atoms with van der Waals surface area (Å²) >= 11 is 6.03. The Morgan fingerprint density at radius 3 is 2.08 bits per heavy atom. The molecule has 0 amide bonds. The van der Waals surface area contributed by atoms with E-state index >= 15 is 0 Å². The summed E-state index contributed by atoms with van der Waals surface area (Å²) in [4.78, 5) is 12.1. The van der Waals surface area contributed by atoms with Crippen molar-refractivity contribution < 1.29 is 40.0 Å². The van der Waals surface area contributed by atoms with Gasteiger partial charge >= 0.3 is 15.6 Å². The first-order valence-electron chi connectivity index (χ1n) is 14.6. The van der Waals surface area contributed by atoms with Gasteiger partial charge in [0, 0.05) is 5.92 Å². The number of hydrogen-bond acceptors (Lipinski definition) is 10. The van der Waals surface area contributed by atoms with E-state index in [4.69, 9.17) is 35.7 Å². The van der Waals surface area contributed by atoms with Gasteiger partial charge in [0.2, 0.25) is 5.28 Å². The minimum atomic E-state index is -6.06. The number of nitrogens with zero attached hydrogens (tertiary/aromatic N) is 4.